The summed E-state index contributed by atoms with van der Waals surface area (Å²) in [5.74, 6) is -1.30. The summed E-state index contributed by atoms with van der Waals surface area (Å²) in [6.07, 6.45) is 2.20. The second-order valence-electron chi connectivity index (χ2n) is 9.16. The second-order valence-corrected chi connectivity index (χ2v) is 9.16. The Hall–Kier alpha value is -3.97. The minimum Gasteiger partial charge on any atom is -0.480 e. The summed E-state index contributed by atoms with van der Waals surface area (Å²) in [6, 6.07) is 12.3. The molecule has 0 radical (unpaired) electrons. The van der Waals surface area contributed by atoms with Crippen LogP contribution in [-0.4, -0.2) is 28.0 Å². The third-order valence-electron chi connectivity index (χ3n) is 6.39. The Labute approximate surface area is 211 Å². The zero-order valence-electron chi connectivity index (χ0n) is 21.4. The summed E-state index contributed by atoms with van der Waals surface area (Å²) in [4.78, 5) is 39.6. The van der Waals surface area contributed by atoms with Crippen LogP contribution in [0.4, 0.5) is 0 Å². The summed E-state index contributed by atoms with van der Waals surface area (Å²) in [6.45, 7) is 9.67. The number of hydrogen-bond donors (Lipinski definition) is 4. The number of aromatic amines is 1. The Bertz CT molecular complexity index is 1380. The third kappa shape index (κ3) is 5.98. The van der Waals surface area contributed by atoms with Crippen LogP contribution < -0.4 is 16.6 Å². The molecule has 3 rings (SSSR count). The number of benzene rings is 2. The zero-order chi connectivity index (χ0) is 26.6. The first-order valence-corrected chi connectivity index (χ1v) is 11.8. The van der Waals surface area contributed by atoms with Crippen LogP contribution in [0.5, 0.6) is 0 Å². The summed E-state index contributed by atoms with van der Waals surface area (Å²) in [7, 11) is 0. The Morgan fingerprint density at radius 3 is 2.31 bits per heavy atom. The van der Waals surface area contributed by atoms with E-state index in [4.69, 9.17) is 10.8 Å². The number of aliphatic carboxylic acids is 1. The smallest absolute Gasteiger partial charge is 0.320 e. The molecule has 0 fully saturated rings. The standard InChI is InChI=1S/C29H33N3O4/c1-6-16(2)26-18(4)12-22(21-9-7-20(8-10-21)13-25(30)29(35)36)14-23(26)27(33)31-15-24-17(3)11-19(5)32-28(24)34/h6-12,14,25H,13,15,30H2,1-5H3,(H,31,33)(H,32,34)(H,35,36)/b16-6-/t25-/m1/s1. The second kappa shape index (κ2) is 11.2. The van der Waals surface area contributed by atoms with Gasteiger partial charge >= 0.3 is 5.97 Å². The monoisotopic (exact) mass is 487 g/mol. The van der Waals surface area contributed by atoms with Gasteiger partial charge in [0.1, 0.15) is 6.04 Å². The van der Waals surface area contributed by atoms with Crippen molar-refractivity contribution in [3.05, 3.63) is 98.0 Å². The van der Waals surface area contributed by atoms with Gasteiger partial charge in [0.05, 0.1) is 0 Å². The van der Waals surface area contributed by atoms with Crippen LogP contribution in [-0.2, 0) is 17.8 Å². The number of rotatable bonds is 8. The van der Waals surface area contributed by atoms with Crippen molar-refractivity contribution in [3.63, 3.8) is 0 Å². The van der Waals surface area contributed by atoms with Crippen molar-refractivity contribution in [2.75, 3.05) is 0 Å². The first kappa shape index (κ1) is 26.6. The van der Waals surface area contributed by atoms with E-state index in [9.17, 15) is 14.4 Å². The van der Waals surface area contributed by atoms with E-state index in [-0.39, 0.29) is 24.4 Å². The van der Waals surface area contributed by atoms with Gasteiger partial charge in [-0.25, -0.2) is 0 Å². The topological polar surface area (TPSA) is 125 Å². The minimum absolute atomic E-state index is 0.121. The Morgan fingerprint density at radius 2 is 1.72 bits per heavy atom. The van der Waals surface area contributed by atoms with E-state index in [1.54, 1.807) is 0 Å². The fraction of sp³-hybridized carbons (Fsp3) is 0.276. The summed E-state index contributed by atoms with van der Waals surface area (Å²) in [5, 5.41) is 12.0. The molecule has 7 heteroatoms. The normalized spacial score (nSPS) is 12.3. The largest absolute Gasteiger partial charge is 0.480 e. The van der Waals surface area contributed by atoms with Crippen LogP contribution in [0.25, 0.3) is 16.7 Å². The first-order chi connectivity index (χ1) is 17.0. The van der Waals surface area contributed by atoms with E-state index < -0.39 is 12.0 Å². The van der Waals surface area contributed by atoms with Gasteiger partial charge in [-0.15, -0.1) is 0 Å². The maximum atomic E-state index is 13.4. The molecule has 5 N–H and O–H groups in total. The maximum absolute atomic E-state index is 13.4. The van der Waals surface area contributed by atoms with Gasteiger partial charge in [0.2, 0.25) is 0 Å². The molecule has 0 aliphatic carbocycles. The highest BCUT2D eigenvalue weighted by molar-refractivity contribution is 6.01. The van der Waals surface area contributed by atoms with Crippen LogP contribution in [0.2, 0.25) is 0 Å². The number of carboxylic acids is 1. The van der Waals surface area contributed by atoms with Crippen molar-refractivity contribution in [2.24, 2.45) is 5.73 Å². The number of pyridine rings is 1. The zero-order valence-corrected chi connectivity index (χ0v) is 21.4. The van der Waals surface area contributed by atoms with Crippen molar-refractivity contribution >= 4 is 17.4 Å². The highest BCUT2D eigenvalue weighted by atomic mass is 16.4. The van der Waals surface area contributed by atoms with Gasteiger partial charge in [-0.05, 0) is 92.1 Å². The van der Waals surface area contributed by atoms with Gasteiger partial charge in [0.25, 0.3) is 11.5 Å². The average molecular weight is 488 g/mol. The van der Waals surface area contributed by atoms with Gasteiger partial charge in [0, 0.05) is 23.4 Å². The number of amides is 1. The lowest BCUT2D eigenvalue weighted by atomic mass is 9.90. The quantitative estimate of drug-likeness (QED) is 0.377. The number of carbonyl (C=O) groups excluding carboxylic acids is 1. The molecule has 1 aromatic heterocycles. The molecule has 7 nitrogen and oxygen atoms in total. The fourth-order valence-corrected chi connectivity index (χ4v) is 4.34. The number of H-pyrrole nitrogens is 1. The maximum Gasteiger partial charge on any atom is 0.320 e. The van der Waals surface area contributed by atoms with Crippen LogP contribution >= 0.6 is 0 Å². The van der Waals surface area contributed by atoms with Gasteiger partial charge < -0.3 is 21.1 Å². The van der Waals surface area contributed by atoms with Gasteiger partial charge in [-0.2, -0.15) is 0 Å². The molecule has 3 aromatic rings. The van der Waals surface area contributed by atoms with Gasteiger partial charge in [0.15, 0.2) is 0 Å². The highest BCUT2D eigenvalue weighted by Gasteiger charge is 2.18. The lowest BCUT2D eigenvalue weighted by molar-refractivity contribution is -0.138. The number of carbonyl (C=O) groups is 2. The molecule has 0 bridgehead atoms. The molecule has 2 aromatic carbocycles. The summed E-state index contributed by atoms with van der Waals surface area (Å²) >= 11 is 0. The highest BCUT2D eigenvalue weighted by Crippen LogP contribution is 2.30. The Morgan fingerprint density at radius 1 is 1.06 bits per heavy atom. The number of allylic oxidation sites excluding steroid dienone is 2. The Kier molecular flexibility index (Phi) is 8.27. The fourth-order valence-electron chi connectivity index (χ4n) is 4.34. The molecule has 0 saturated carbocycles. The van der Waals surface area contributed by atoms with Gasteiger partial charge in [-0.3, -0.25) is 14.4 Å². The first-order valence-electron chi connectivity index (χ1n) is 11.8. The average Bonchev–Trinajstić information content (AvgIpc) is 2.82. The van der Waals surface area contributed by atoms with E-state index in [1.165, 1.54) is 0 Å². The predicted octanol–water partition coefficient (Wildman–Crippen LogP) is 4.27. The van der Waals surface area contributed by atoms with E-state index in [1.807, 2.05) is 83.2 Å². The van der Waals surface area contributed by atoms with Crippen molar-refractivity contribution < 1.29 is 14.7 Å². The molecule has 1 atom stereocenters. The number of aromatic nitrogens is 1. The molecule has 0 unspecified atom stereocenters. The summed E-state index contributed by atoms with van der Waals surface area (Å²) < 4.78 is 0. The number of aryl methyl sites for hydroxylation is 3. The number of nitrogens with one attached hydrogen (secondary N) is 2. The molecule has 0 saturated heterocycles. The van der Waals surface area contributed by atoms with Crippen molar-refractivity contribution in [1.29, 1.82) is 0 Å². The Balaban J connectivity index is 1.96. The number of carboxylic acid groups (broad SMARTS) is 1. The third-order valence-corrected chi connectivity index (χ3v) is 6.39. The van der Waals surface area contributed by atoms with Crippen LogP contribution in [0.3, 0.4) is 0 Å². The lowest BCUT2D eigenvalue weighted by Gasteiger charge is -2.17. The number of nitrogens with two attached hydrogens (primary N) is 1. The molecule has 36 heavy (non-hydrogen) atoms. The van der Waals surface area contributed by atoms with E-state index in [2.05, 4.69) is 10.3 Å². The molecule has 188 valence electrons. The van der Waals surface area contributed by atoms with Crippen LogP contribution in [0.1, 0.15) is 57.7 Å². The molecule has 0 aliphatic heterocycles. The van der Waals surface area contributed by atoms with E-state index in [0.29, 0.717) is 11.1 Å². The van der Waals surface area contributed by atoms with E-state index >= 15 is 0 Å². The van der Waals surface area contributed by atoms with Crippen molar-refractivity contribution in [1.82, 2.24) is 10.3 Å². The van der Waals surface area contributed by atoms with E-state index in [0.717, 1.165) is 44.6 Å². The van der Waals surface area contributed by atoms with Crippen LogP contribution in [0, 0.1) is 20.8 Å². The number of hydrogen-bond acceptors (Lipinski definition) is 4. The molecular formula is C29H33N3O4. The van der Waals surface area contributed by atoms with Crippen molar-refractivity contribution in [3.8, 4) is 11.1 Å². The molecule has 0 aliphatic rings. The molecule has 1 amide bonds. The summed E-state index contributed by atoms with van der Waals surface area (Å²) in [5.41, 5.74) is 13.5. The minimum atomic E-state index is -1.04. The molecular weight excluding hydrogens is 454 g/mol. The van der Waals surface area contributed by atoms with Crippen molar-refractivity contribution in [2.45, 2.75) is 53.6 Å². The van der Waals surface area contributed by atoms with Gasteiger partial charge in [-0.1, -0.05) is 36.4 Å². The lowest BCUT2D eigenvalue weighted by Crippen LogP contribution is -2.32. The predicted molar refractivity (Wildman–Crippen MR) is 143 cm³/mol. The molecule has 1 heterocycles. The molecule has 0 spiro atoms. The SMILES string of the molecule is C/C=C(/C)c1c(C)cc(-c2ccc(C[C@@H](N)C(=O)O)cc2)cc1C(=O)NCc1c(C)cc(C)[nH]c1=O. The van der Waals surface area contributed by atoms with Crippen LogP contribution in [0.15, 0.2) is 53.3 Å².